The van der Waals surface area contributed by atoms with Gasteiger partial charge < -0.3 is 14.8 Å². The van der Waals surface area contributed by atoms with Crippen LogP contribution in [0.3, 0.4) is 0 Å². The van der Waals surface area contributed by atoms with Gasteiger partial charge in [-0.15, -0.1) is 0 Å². The van der Waals surface area contributed by atoms with Crippen LogP contribution < -0.4 is 14.8 Å². The first-order valence-corrected chi connectivity index (χ1v) is 8.03. The summed E-state index contributed by atoms with van der Waals surface area (Å²) in [5, 5.41) is 2.81. The summed E-state index contributed by atoms with van der Waals surface area (Å²) in [6, 6.07) is 14.0. The number of rotatable bonds is 9. The molecule has 0 aromatic heterocycles. The lowest BCUT2D eigenvalue weighted by molar-refractivity contribution is -0.121. The smallest absolute Gasteiger partial charge is 0.387 e. The molecule has 0 aliphatic rings. The lowest BCUT2D eigenvalue weighted by Crippen LogP contribution is -2.27. The Hall–Kier alpha value is -2.63. The number of carbonyl (C=O) groups excluding carboxylic acids is 1. The van der Waals surface area contributed by atoms with Crippen LogP contribution in [0.1, 0.15) is 17.5 Å². The molecule has 0 unspecified atom stereocenters. The monoisotopic (exact) mass is 349 g/mol. The maximum atomic E-state index is 12.1. The van der Waals surface area contributed by atoms with Crippen LogP contribution in [-0.2, 0) is 11.2 Å². The maximum Gasteiger partial charge on any atom is 0.387 e. The third kappa shape index (κ3) is 6.79. The zero-order valence-corrected chi connectivity index (χ0v) is 14.0. The second-order valence-electron chi connectivity index (χ2n) is 5.49. The number of nitrogens with one attached hydrogen (secondary N) is 1. The van der Waals surface area contributed by atoms with E-state index in [0.717, 1.165) is 16.9 Å². The highest BCUT2D eigenvalue weighted by Crippen LogP contribution is 2.16. The van der Waals surface area contributed by atoms with Crippen molar-refractivity contribution in [3.05, 3.63) is 59.7 Å². The van der Waals surface area contributed by atoms with Gasteiger partial charge in [-0.3, -0.25) is 4.79 Å². The third-order valence-electron chi connectivity index (χ3n) is 3.56. The summed E-state index contributed by atoms with van der Waals surface area (Å²) in [6.45, 7) is -0.0891. The molecule has 25 heavy (non-hydrogen) atoms. The van der Waals surface area contributed by atoms with E-state index < -0.39 is 6.61 Å². The van der Waals surface area contributed by atoms with Crippen molar-refractivity contribution < 1.29 is 23.0 Å². The molecular formula is C19H21F2NO3. The van der Waals surface area contributed by atoms with E-state index in [9.17, 15) is 13.6 Å². The van der Waals surface area contributed by atoms with E-state index in [1.165, 1.54) is 12.1 Å². The van der Waals surface area contributed by atoms with Crippen molar-refractivity contribution in [3.63, 3.8) is 0 Å². The summed E-state index contributed by atoms with van der Waals surface area (Å²) < 4.78 is 34.0. The van der Waals surface area contributed by atoms with Gasteiger partial charge in [0.15, 0.2) is 0 Å². The number of carbonyl (C=O) groups is 1. The number of hydrogen-bond acceptors (Lipinski definition) is 3. The number of amides is 1. The normalized spacial score (nSPS) is 10.6. The number of ether oxygens (including phenoxy) is 2. The number of alkyl halides is 2. The van der Waals surface area contributed by atoms with Gasteiger partial charge in [-0.2, -0.15) is 8.78 Å². The first kappa shape index (κ1) is 18.7. The van der Waals surface area contributed by atoms with E-state index in [1.807, 2.05) is 31.2 Å². The Kier molecular flexibility index (Phi) is 7.19. The topological polar surface area (TPSA) is 47.6 Å². The Bertz CT molecular complexity index is 675. The summed E-state index contributed by atoms with van der Waals surface area (Å²) in [5.74, 6) is 0.809. The van der Waals surface area contributed by atoms with Crippen LogP contribution in [0.2, 0.25) is 0 Å². The zero-order chi connectivity index (χ0) is 18.1. The molecule has 0 aliphatic carbocycles. The van der Waals surface area contributed by atoms with Gasteiger partial charge >= 0.3 is 6.61 Å². The molecule has 0 aliphatic heterocycles. The van der Waals surface area contributed by atoms with Crippen molar-refractivity contribution in [3.8, 4) is 11.5 Å². The molecule has 1 N–H and O–H groups in total. The fraction of sp³-hybridized carbons (Fsp3) is 0.316. The van der Waals surface area contributed by atoms with Crippen LogP contribution in [0.5, 0.6) is 11.5 Å². The van der Waals surface area contributed by atoms with Gasteiger partial charge in [-0.05, 0) is 42.7 Å². The van der Waals surface area contributed by atoms with E-state index in [4.69, 9.17) is 4.74 Å². The average Bonchev–Trinajstić information content (AvgIpc) is 2.58. The van der Waals surface area contributed by atoms with E-state index in [-0.39, 0.29) is 18.1 Å². The van der Waals surface area contributed by atoms with Gasteiger partial charge in [0.25, 0.3) is 0 Å². The maximum absolute atomic E-state index is 12.1. The molecule has 0 atom stereocenters. The SMILES string of the molecule is Cc1ccccc1OCCC(=O)NCCc1ccc(OC(F)F)cc1. The molecule has 0 bridgehead atoms. The summed E-state index contributed by atoms with van der Waals surface area (Å²) in [5.41, 5.74) is 1.96. The molecule has 0 spiro atoms. The van der Waals surface area contributed by atoms with Crippen LogP contribution in [0.15, 0.2) is 48.5 Å². The van der Waals surface area contributed by atoms with Gasteiger partial charge in [-0.1, -0.05) is 30.3 Å². The van der Waals surface area contributed by atoms with Crippen LogP contribution in [0.25, 0.3) is 0 Å². The molecule has 0 heterocycles. The van der Waals surface area contributed by atoms with Gasteiger partial charge in [-0.25, -0.2) is 0 Å². The highest BCUT2D eigenvalue weighted by atomic mass is 19.3. The van der Waals surface area contributed by atoms with E-state index in [2.05, 4.69) is 10.1 Å². The Labute approximate surface area is 145 Å². The number of halogens is 2. The largest absolute Gasteiger partial charge is 0.493 e. The Morgan fingerprint density at radius 1 is 1.12 bits per heavy atom. The molecule has 0 saturated carbocycles. The Balaban J connectivity index is 1.64. The second-order valence-corrected chi connectivity index (χ2v) is 5.49. The van der Waals surface area contributed by atoms with Crippen molar-refractivity contribution >= 4 is 5.91 Å². The van der Waals surface area contributed by atoms with Gasteiger partial charge in [0.1, 0.15) is 11.5 Å². The molecule has 0 fully saturated rings. The second kappa shape index (κ2) is 9.61. The standard InChI is InChI=1S/C19H21F2NO3/c1-14-4-2-3-5-17(14)24-13-11-18(23)22-12-10-15-6-8-16(9-7-15)25-19(20)21/h2-9,19H,10-13H2,1H3,(H,22,23). The molecule has 0 radical (unpaired) electrons. The summed E-state index contributed by atoms with van der Waals surface area (Å²) in [6.07, 6.45) is 0.884. The van der Waals surface area contributed by atoms with E-state index >= 15 is 0 Å². The summed E-state index contributed by atoms with van der Waals surface area (Å²) in [7, 11) is 0. The zero-order valence-electron chi connectivity index (χ0n) is 14.0. The van der Waals surface area contributed by atoms with Crippen molar-refractivity contribution in [1.29, 1.82) is 0 Å². The van der Waals surface area contributed by atoms with Gasteiger partial charge in [0.05, 0.1) is 13.0 Å². The third-order valence-corrected chi connectivity index (χ3v) is 3.56. The van der Waals surface area contributed by atoms with E-state index in [1.54, 1.807) is 12.1 Å². The Morgan fingerprint density at radius 3 is 2.52 bits per heavy atom. The van der Waals surface area contributed by atoms with Crippen molar-refractivity contribution in [2.45, 2.75) is 26.4 Å². The van der Waals surface area contributed by atoms with Crippen LogP contribution in [-0.4, -0.2) is 25.7 Å². The minimum Gasteiger partial charge on any atom is -0.493 e. The summed E-state index contributed by atoms with van der Waals surface area (Å²) >= 11 is 0. The molecule has 4 nitrogen and oxygen atoms in total. The highest BCUT2D eigenvalue weighted by molar-refractivity contribution is 5.76. The van der Waals surface area contributed by atoms with Crippen LogP contribution in [0.4, 0.5) is 8.78 Å². The first-order chi connectivity index (χ1) is 12.0. The van der Waals surface area contributed by atoms with Crippen LogP contribution in [0, 0.1) is 6.92 Å². The van der Waals surface area contributed by atoms with Crippen molar-refractivity contribution in [2.24, 2.45) is 0 Å². The number of hydrogen-bond donors (Lipinski definition) is 1. The molecule has 0 saturated heterocycles. The molecule has 2 rings (SSSR count). The molecule has 134 valence electrons. The van der Waals surface area contributed by atoms with Gasteiger partial charge in [0, 0.05) is 6.54 Å². The lowest BCUT2D eigenvalue weighted by Gasteiger charge is -2.09. The lowest BCUT2D eigenvalue weighted by atomic mass is 10.1. The highest BCUT2D eigenvalue weighted by Gasteiger charge is 2.05. The molecular weight excluding hydrogens is 328 g/mol. The molecule has 2 aromatic rings. The van der Waals surface area contributed by atoms with Crippen molar-refractivity contribution in [2.75, 3.05) is 13.2 Å². The predicted octanol–water partition coefficient (Wildman–Crippen LogP) is 3.72. The first-order valence-electron chi connectivity index (χ1n) is 8.03. The van der Waals surface area contributed by atoms with Gasteiger partial charge in [0.2, 0.25) is 5.91 Å². The van der Waals surface area contributed by atoms with Crippen molar-refractivity contribution in [1.82, 2.24) is 5.32 Å². The number of benzene rings is 2. The minimum atomic E-state index is -2.83. The van der Waals surface area contributed by atoms with Crippen LogP contribution >= 0.6 is 0 Å². The fourth-order valence-electron chi connectivity index (χ4n) is 2.24. The Morgan fingerprint density at radius 2 is 1.84 bits per heavy atom. The average molecular weight is 349 g/mol. The molecule has 6 heteroatoms. The minimum absolute atomic E-state index is 0.0914. The predicted molar refractivity (Wildman–Crippen MR) is 91.1 cm³/mol. The quantitative estimate of drug-likeness (QED) is 0.750. The number of para-hydroxylation sites is 1. The van der Waals surface area contributed by atoms with E-state index in [0.29, 0.717) is 19.6 Å². The summed E-state index contributed by atoms with van der Waals surface area (Å²) in [4.78, 5) is 11.8. The molecule has 2 aromatic carbocycles. The fourth-order valence-corrected chi connectivity index (χ4v) is 2.24. The number of aryl methyl sites for hydroxylation is 1. The molecule has 1 amide bonds.